The molecular weight excluding hydrogens is 288 g/mol. The van der Waals surface area contributed by atoms with Crippen molar-refractivity contribution in [2.75, 3.05) is 0 Å². The Morgan fingerprint density at radius 2 is 1.43 bits per heavy atom. The van der Waals surface area contributed by atoms with Crippen LogP contribution in [0.3, 0.4) is 0 Å². The van der Waals surface area contributed by atoms with Gasteiger partial charge in [0.05, 0.1) is 0 Å². The number of aromatic nitrogens is 2. The molecule has 0 saturated carbocycles. The summed E-state index contributed by atoms with van der Waals surface area (Å²) in [6.45, 7) is 0. The second-order valence-electron chi connectivity index (χ2n) is 5.00. The molecule has 1 N–H and O–H groups in total. The largest absolute Gasteiger partial charge is 0.478 e. The molecule has 0 aliphatic heterocycles. The van der Waals surface area contributed by atoms with Gasteiger partial charge >= 0.3 is 5.97 Å². The van der Waals surface area contributed by atoms with Gasteiger partial charge in [-0.25, -0.2) is 4.79 Å². The molecule has 0 spiro atoms. The quantitative estimate of drug-likeness (QED) is 0.742. The van der Waals surface area contributed by atoms with E-state index in [1.807, 2.05) is 42.5 Å². The van der Waals surface area contributed by atoms with Crippen molar-refractivity contribution in [2.24, 2.45) is 0 Å². The highest BCUT2D eigenvalue weighted by Crippen LogP contribution is 2.28. The third-order valence-corrected chi connectivity index (χ3v) is 3.36. The summed E-state index contributed by atoms with van der Waals surface area (Å²) in [5, 5.41) is 8.84. The normalized spacial score (nSPS) is 10.8. The Kier molecular flexibility index (Phi) is 4.25. The van der Waals surface area contributed by atoms with Crippen LogP contribution in [0.4, 0.5) is 0 Å². The van der Waals surface area contributed by atoms with Gasteiger partial charge in [0.2, 0.25) is 0 Å². The molecule has 0 fully saturated rings. The smallest absolute Gasteiger partial charge is 0.328 e. The first kappa shape index (κ1) is 14.7. The molecule has 4 nitrogen and oxygen atoms in total. The molecule has 0 radical (unpaired) electrons. The van der Waals surface area contributed by atoms with Gasteiger partial charge in [-0.05, 0) is 53.1 Å². The van der Waals surface area contributed by atoms with Crippen molar-refractivity contribution in [3.8, 4) is 22.3 Å². The van der Waals surface area contributed by atoms with Crippen LogP contribution in [0, 0.1) is 0 Å². The van der Waals surface area contributed by atoms with E-state index < -0.39 is 5.97 Å². The molecule has 1 aromatic carbocycles. The van der Waals surface area contributed by atoms with Gasteiger partial charge in [0.15, 0.2) is 0 Å². The van der Waals surface area contributed by atoms with Crippen molar-refractivity contribution < 1.29 is 9.90 Å². The molecule has 0 aliphatic rings. The third kappa shape index (κ3) is 3.68. The fourth-order valence-corrected chi connectivity index (χ4v) is 2.32. The van der Waals surface area contributed by atoms with Crippen LogP contribution in [0.5, 0.6) is 0 Å². The maximum Gasteiger partial charge on any atom is 0.328 e. The van der Waals surface area contributed by atoms with E-state index in [2.05, 4.69) is 9.97 Å². The van der Waals surface area contributed by atoms with E-state index in [9.17, 15) is 4.79 Å². The van der Waals surface area contributed by atoms with E-state index in [0.29, 0.717) is 0 Å². The zero-order valence-electron chi connectivity index (χ0n) is 12.3. The highest BCUT2D eigenvalue weighted by molar-refractivity contribution is 5.86. The van der Waals surface area contributed by atoms with E-state index in [1.54, 1.807) is 30.9 Å². The maximum atomic E-state index is 10.8. The lowest BCUT2D eigenvalue weighted by atomic mass is 9.97. The molecule has 0 bridgehead atoms. The van der Waals surface area contributed by atoms with Crippen LogP contribution in [0.1, 0.15) is 5.56 Å². The van der Waals surface area contributed by atoms with E-state index in [4.69, 9.17) is 5.11 Å². The van der Waals surface area contributed by atoms with Gasteiger partial charge < -0.3 is 5.11 Å². The average Bonchev–Trinajstić information content (AvgIpc) is 2.61. The van der Waals surface area contributed by atoms with Gasteiger partial charge in [-0.3, -0.25) is 9.97 Å². The Hall–Kier alpha value is -3.27. The molecule has 3 rings (SSSR count). The average molecular weight is 302 g/mol. The topological polar surface area (TPSA) is 63.1 Å². The van der Waals surface area contributed by atoms with Crippen LogP contribution >= 0.6 is 0 Å². The third-order valence-electron chi connectivity index (χ3n) is 3.36. The number of hydrogen-bond acceptors (Lipinski definition) is 3. The van der Waals surface area contributed by atoms with Gasteiger partial charge in [0.25, 0.3) is 0 Å². The Balaban J connectivity index is 2.13. The number of carboxylic acid groups (broad SMARTS) is 1. The summed E-state index contributed by atoms with van der Waals surface area (Å²) in [7, 11) is 0. The second-order valence-corrected chi connectivity index (χ2v) is 5.00. The summed E-state index contributed by atoms with van der Waals surface area (Å²) in [6.07, 6.45) is 9.73. The summed E-state index contributed by atoms with van der Waals surface area (Å²) >= 11 is 0. The molecule has 0 unspecified atom stereocenters. The molecule has 112 valence electrons. The van der Waals surface area contributed by atoms with E-state index >= 15 is 0 Å². The van der Waals surface area contributed by atoms with Crippen molar-refractivity contribution >= 4 is 12.0 Å². The van der Waals surface area contributed by atoms with Crippen molar-refractivity contribution in [2.45, 2.75) is 0 Å². The fraction of sp³-hybridized carbons (Fsp3) is 0. The molecule has 0 amide bonds. The minimum atomic E-state index is -0.972. The van der Waals surface area contributed by atoms with E-state index in [1.165, 1.54) is 0 Å². The highest BCUT2D eigenvalue weighted by atomic mass is 16.4. The number of nitrogens with zero attached hydrogens (tertiary/aromatic N) is 2. The lowest BCUT2D eigenvalue weighted by Crippen LogP contribution is -1.88. The van der Waals surface area contributed by atoms with Gasteiger partial charge in [-0.15, -0.1) is 0 Å². The Labute approximate surface area is 133 Å². The van der Waals surface area contributed by atoms with Gasteiger partial charge in [-0.1, -0.05) is 12.1 Å². The number of carbonyl (C=O) groups is 1. The van der Waals surface area contributed by atoms with E-state index in [-0.39, 0.29) is 0 Å². The van der Waals surface area contributed by atoms with Crippen LogP contribution in [0.2, 0.25) is 0 Å². The lowest BCUT2D eigenvalue weighted by molar-refractivity contribution is -0.131. The zero-order chi connectivity index (χ0) is 16.1. The molecule has 23 heavy (non-hydrogen) atoms. The van der Waals surface area contributed by atoms with Crippen LogP contribution < -0.4 is 0 Å². The summed E-state index contributed by atoms with van der Waals surface area (Å²) in [5.74, 6) is -0.972. The number of hydrogen-bond donors (Lipinski definition) is 1. The Bertz CT molecular complexity index is 786. The standard InChI is InChI=1S/C19H14N2O2/c22-19(23)6-5-14-9-17(15-3-1-7-20-12-15)11-18(10-14)16-4-2-8-21-13-16/h1-13H,(H,22,23). The SMILES string of the molecule is O=C(O)C=Cc1cc(-c2cccnc2)cc(-c2cccnc2)c1. The van der Waals surface area contributed by atoms with Crippen LogP contribution in [0.15, 0.2) is 73.3 Å². The zero-order valence-corrected chi connectivity index (χ0v) is 12.3. The predicted octanol–water partition coefficient (Wildman–Crippen LogP) is 3.91. The molecule has 3 aromatic rings. The molecule has 4 heteroatoms. The first-order valence-corrected chi connectivity index (χ1v) is 7.09. The van der Waals surface area contributed by atoms with Crippen LogP contribution in [0.25, 0.3) is 28.3 Å². The predicted molar refractivity (Wildman–Crippen MR) is 89.6 cm³/mol. The van der Waals surface area contributed by atoms with Crippen molar-refractivity contribution in [3.05, 3.63) is 78.9 Å². The molecular formula is C19H14N2O2. The van der Waals surface area contributed by atoms with Gasteiger partial charge in [0.1, 0.15) is 0 Å². The van der Waals surface area contributed by atoms with Crippen molar-refractivity contribution in [1.29, 1.82) is 0 Å². The van der Waals surface area contributed by atoms with Crippen LogP contribution in [-0.2, 0) is 4.79 Å². The van der Waals surface area contributed by atoms with Crippen LogP contribution in [-0.4, -0.2) is 21.0 Å². The number of carboxylic acids is 1. The minimum Gasteiger partial charge on any atom is -0.478 e. The molecule has 2 aromatic heterocycles. The highest BCUT2D eigenvalue weighted by Gasteiger charge is 2.05. The Morgan fingerprint density at radius 3 is 1.87 bits per heavy atom. The van der Waals surface area contributed by atoms with Crippen molar-refractivity contribution in [1.82, 2.24) is 9.97 Å². The summed E-state index contributed by atoms with van der Waals surface area (Å²) in [5.41, 5.74) is 4.72. The number of benzene rings is 1. The number of aliphatic carboxylic acids is 1. The monoisotopic (exact) mass is 302 g/mol. The molecule has 0 atom stereocenters. The second kappa shape index (κ2) is 6.66. The first-order valence-electron chi connectivity index (χ1n) is 7.09. The molecule has 0 aliphatic carbocycles. The number of rotatable bonds is 4. The molecule has 2 heterocycles. The minimum absolute atomic E-state index is 0.813. The first-order chi connectivity index (χ1) is 11.2. The lowest BCUT2D eigenvalue weighted by Gasteiger charge is -2.08. The van der Waals surface area contributed by atoms with Crippen molar-refractivity contribution in [3.63, 3.8) is 0 Å². The fourth-order valence-electron chi connectivity index (χ4n) is 2.32. The van der Waals surface area contributed by atoms with E-state index in [0.717, 1.165) is 33.9 Å². The Morgan fingerprint density at radius 1 is 0.870 bits per heavy atom. The summed E-state index contributed by atoms with van der Waals surface area (Å²) in [4.78, 5) is 19.1. The summed E-state index contributed by atoms with van der Waals surface area (Å²) < 4.78 is 0. The number of pyridine rings is 2. The maximum absolute atomic E-state index is 10.8. The molecule has 0 saturated heterocycles. The summed E-state index contributed by atoms with van der Waals surface area (Å²) in [6, 6.07) is 13.6. The van der Waals surface area contributed by atoms with Gasteiger partial charge in [-0.2, -0.15) is 0 Å². The van der Waals surface area contributed by atoms with Gasteiger partial charge in [0, 0.05) is 42.0 Å².